The quantitative estimate of drug-likeness (QED) is 0.611. The van der Waals surface area contributed by atoms with Crippen molar-refractivity contribution in [3.05, 3.63) is 0 Å². The molecule has 0 aromatic carbocycles. The smallest absolute Gasteiger partial charge is 0.0497 e. The van der Waals surface area contributed by atoms with Crippen molar-refractivity contribution in [2.24, 2.45) is 23.5 Å². The van der Waals surface area contributed by atoms with Crippen LogP contribution in [0.5, 0.6) is 0 Å². The fraction of sp³-hybridized carbons (Fsp3) is 1.00. The largest absolute Gasteiger partial charge is 0.381 e. The Bertz CT molecular complexity index is 120. The summed E-state index contributed by atoms with van der Waals surface area (Å²) in [4.78, 5) is 0. The van der Waals surface area contributed by atoms with Crippen molar-refractivity contribution in [2.45, 2.75) is 12.8 Å². The summed E-state index contributed by atoms with van der Waals surface area (Å²) in [5.74, 6) is 2.62. The summed E-state index contributed by atoms with van der Waals surface area (Å²) in [5.41, 5.74) is 5.55. The van der Waals surface area contributed by atoms with Crippen LogP contribution in [0.15, 0.2) is 0 Å². The Morgan fingerprint density at radius 3 is 2.90 bits per heavy atom. The van der Waals surface area contributed by atoms with E-state index in [1.165, 1.54) is 12.8 Å². The molecule has 0 bridgehead atoms. The first-order chi connectivity index (χ1) is 4.92. The highest BCUT2D eigenvalue weighted by atomic mass is 16.5. The molecule has 1 aliphatic heterocycles. The SMILES string of the molecule is NCC1CC1C1CCOC1. The zero-order valence-corrected chi connectivity index (χ0v) is 6.25. The molecule has 3 unspecified atom stereocenters. The van der Waals surface area contributed by atoms with Crippen molar-refractivity contribution < 1.29 is 4.74 Å². The lowest BCUT2D eigenvalue weighted by Gasteiger charge is -2.03. The van der Waals surface area contributed by atoms with Crippen molar-refractivity contribution in [1.82, 2.24) is 0 Å². The Balaban J connectivity index is 1.79. The van der Waals surface area contributed by atoms with Crippen LogP contribution in [0.2, 0.25) is 0 Å². The molecule has 2 N–H and O–H groups in total. The second-order valence-electron chi connectivity index (χ2n) is 3.52. The minimum absolute atomic E-state index is 0.840. The molecule has 1 heterocycles. The van der Waals surface area contributed by atoms with Crippen LogP contribution in [0, 0.1) is 17.8 Å². The summed E-state index contributed by atoms with van der Waals surface area (Å²) in [7, 11) is 0. The number of hydrogen-bond acceptors (Lipinski definition) is 2. The van der Waals surface area contributed by atoms with Crippen LogP contribution in [0.3, 0.4) is 0 Å². The standard InChI is InChI=1S/C8H15NO/c9-4-7-3-8(7)6-1-2-10-5-6/h6-8H,1-5,9H2. The lowest BCUT2D eigenvalue weighted by Crippen LogP contribution is -2.08. The van der Waals surface area contributed by atoms with Crippen molar-refractivity contribution in [3.63, 3.8) is 0 Å². The van der Waals surface area contributed by atoms with E-state index in [0.717, 1.165) is 37.5 Å². The van der Waals surface area contributed by atoms with Crippen LogP contribution in [0.1, 0.15) is 12.8 Å². The summed E-state index contributed by atoms with van der Waals surface area (Å²) in [6.45, 7) is 2.88. The maximum atomic E-state index is 5.55. The van der Waals surface area contributed by atoms with E-state index in [2.05, 4.69) is 0 Å². The number of ether oxygens (including phenoxy) is 1. The molecule has 0 amide bonds. The van der Waals surface area contributed by atoms with Crippen molar-refractivity contribution >= 4 is 0 Å². The first-order valence-corrected chi connectivity index (χ1v) is 4.19. The van der Waals surface area contributed by atoms with E-state index in [-0.39, 0.29) is 0 Å². The van der Waals surface area contributed by atoms with E-state index < -0.39 is 0 Å². The minimum atomic E-state index is 0.840. The van der Waals surface area contributed by atoms with Crippen LogP contribution >= 0.6 is 0 Å². The third-order valence-electron chi connectivity index (χ3n) is 2.85. The molecule has 2 rings (SSSR count). The van der Waals surface area contributed by atoms with Gasteiger partial charge in [0.25, 0.3) is 0 Å². The highest BCUT2D eigenvalue weighted by molar-refractivity contribution is 4.92. The Morgan fingerprint density at radius 1 is 1.50 bits per heavy atom. The van der Waals surface area contributed by atoms with E-state index in [1.807, 2.05) is 0 Å². The van der Waals surface area contributed by atoms with Crippen LogP contribution in [-0.4, -0.2) is 19.8 Å². The fourth-order valence-corrected chi connectivity index (χ4v) is 2.01. The van der Waals surface area contributed by atoms with Gasteiger partial charge in [-0.05, 0) is 37.1 Å². The topological polar surface area (TPSA) is 35.2 Å². The Kier molecular flexibility index (Phi) is 1.66. The molecule has 1 saturated carbocycles. The zero-order valence-electron chi connectivity index (χ0n) is 6.25. The highest BCUT2D eigenvalue weighted by Crippen LogP contribution is 2.46. The van der Waals surface area contributed by atoms with Crippen molar-refractivity contribution in [2.75, 3.05) is 19.8 Å². The van der Waals surface area contributed by atoms with Gasteiger partial charge in [0.1, 0.15) is 0 Å². The van der Waals surface area contributed by atoms with Crippen LogP contribution < -0.4 is 5.73 Å². The predicted octanol–water partition coefficient (Wildman–Crippen LogP) is 0.618. The lowest BCUT2D eigenvalue weighted by atomic mass is 10.0. The van der Waals surface area contributed by atoms with E-state index in [1.54, 1.807) is 0 Å². The normalized spacial score (nSPS) is 45.9. The van der Waals surface area contributed by atoms with Gasteiger partial charge in [-0.1, -0.05) is 0 Å². The molecule has 0 aromatic heterocycles. The van der Waals surface area contributed by atoms with Crippen LogP contribution in [-0.2, 0) is 4.74 Å². The summed E-state index contributed by atoms with van der Waals surface area (Å²) < 4.78 is 5.31. The molecule has 1 saturated heterocycles. The fourth-order valence-electron chi connectivity index (χ4n) is 2.01. The van der Waals surface area contributed by atoms with E-state index in [9.17, 15) is 0 Å². The minimum Gasteiger partial charge on any atom is -0.381 e. The van der Waals surface area contributed by atoms with Gasteiger partial charge in [-0.15, -0.1) is 0 Å². The van der Waals surface area contributed by atoms with Crippen molar-refractivity contribution in [3.8, 4) is 0 Å². The summed E-state index contributed by atoms with van der Waals surface area (Å²) in [6.07, 6.45) is 2.64. The van der Waals surface area contributed by atoms with Gasteiger partial charge in [0.05, 0.1) is 0 Å². The summed E-state index contributed by atoms with van der Waals surface area (Å²) in [5, 5.41) is 0. The van der Waals surface area contributed by atoms with Crippen LogP contribution in [0.25, 0.3) is 0 Å². The summed E-state index contributed by atoms with van der Waals surface area (Å²) >= 11 is 0. The Labute approximate surface area is 61.7 Å². The van der Waals surface area contributed by atoms with Crippen LogP contribution in [0.4, 0.5) is 0 Å². The maximum Gasteiger partial charge on any atom is 0.0497 e. The number of nitrogens with two attached hydrogens (primary N) is 1. The molecule has 2 nitrogen and oxygen atoms in total. The molecule has 58 valence electrons. The van der Waals surface area contributed by atoms with Gasteiger partial charge < -0.3 is 10.5 Å². The molecule has 3 atom stereocenters. The maximum absolute atomic E-state index is 5.55. The van der Waals surface area contributed by atoms with Gasteiger partial charge in [-0.3, -0.25) is 0 Å². The third-order valence-corrected chi connectivity index (χ3v) is 2.85. The molecule has 1 aliphatic carbocycles. The van der Waals surface area contributed by atoms with Gasteiger partial charge >= 0.3 is 0 Å². The number of hydrogen-bond donors (Lipinski definition) is 1. The first-order valence-electron chi connectivity index (χ1n) is 4.19. The highest BCUT2D eigenvalue weighted by Gasteiger charge is 2.42. The molecule has 2 fully saturated rings. The average molecular weight is 141 g/mol. The van der Waals surface area contributed by atoms with Gasteiger partial charge in [0, 0.05) is 13.2 Å². The van der Waals surface area contributed by atoms with Gasteiger partial charge in [0.2, 0.25) is 0 Å². The Hall–Kier alpha value is -0.0800. The van der Waals surface area contributed by atoms with Crippen molar-refractivity contribution in [1.29, 1.82) is 0 Å². The summed E-state index contributed by atoms with van der Waals surface area (Å²) in [6, 6.07) is 0. The molecule has 0 spiro atoms. The number of rotatable bonds is 2. The van der Waals surface area contributed by atoms with E-state index in [4.69, 9.17) is 10.5 Å². The molecule has 2 heteroatoms. The predicted molar refractivity (Wildman–Crippen MR) is 39.6 cm³/mol. The van der Waals surface area contributed by atoms with Gasteiger partial charge in [-0.25, -0.2) is 0 Å². The van der Waals surface area contributed by atoms with E-state index in [0.29, 0.717) is 0 Å². The molecule has 10 heavy (non-hydrogen) atoms. The molecular weight excluding hydrogens is 126 g/mol. The zero-order chi connectivity index (χ0) is 6.97. The molecule has 0 radical (unpaired) electrons. The molecule has 2 aliphatic rings. The molecular formula is C8H15NO. The lowest BCUT2D eigenvalue weighted by molar-refractivity contribution is 0.181. The second kappa shape index (κ2) is 2.51. The molecule has 0 aromatic rings. The third kappa shape index (κ3) is 1.06. The first kappa shape index (κ1) is 6.62. The average Bonchev–Trinajstić information content (AvgIpc) is 2.56. The second-order valence-corrected chi connectivity index (χ2v) is 3.52. The monoisotopic (exact) mass is 141 g/mol. The van der Waals surface area contributed by atoms with Gasteiger partial charge in [-0.2, -0.15) is 0 Å². The van der Waals surface area contributed by atoms with Gasteiger partial charge in [0.15, 0.2) is 0 Å². The van der Waals surface area contributed by atoms with E-state index >= 15 is 0 Å². The Morgan fingerprint density at radius 2 is 2.40 bits per heavy atom.